The van der Waals surface area contributed by atoms with E-state index < -0.39 is 23.6 Å². The lowest BCUT2D eigenvalue weighted by Gasteiger charge is -2.36. The number of hydrogen-bond acceptors (Lipinski definition) is 8. The van der Waals surface area contributed by atoms with Crippen molar-refractivity contribution in [3.05, 3.63) is 107 Å². The number of aryl methyl sites for hydroxylation is 1. The molecule has 3 aromatic carbocycles. The molecule has 0 saturated carbocycles. The molecule has 2 N–H and O–H groups in total. The second-order valence-electron chi connectivity index (χ2n) is 13.7. The molecule has 3 amide bonds. The Morgan fingerprint density at radius 3 is 2.15 bits per heavy atom. The quantitative estimate of drug-likeness (QED) is 0.147. The summed E-state index contributed by atoms with van der Waals surface area (Å²) in [5, 5.41) is 14.0. The molecule has 6 rings (SSSR count). The van der Waals surface area contributed by atoms with Crippen molar-refractivity contribution in [3.8, 4) is 11.1 Å². The zero-order chi connectivity index (χ0) is 36.8. The third-order valence-electron chi connectivity index (χ3n) is 8.91. The van der Waals surface area contributed by atoms with Crippen molar-refractivity contribution in [1.29, 1.82) is 0 Å². The minimum Gasteiger partial charge on any atom is -0.465 e. The maximum absolute atomic E-state index is 14.0. The van der Waals surface area contributed by atoms with Gasteiger partial charge < -0.3 is 19.6 Å². The topological polar surface area (TPSA) is 128 Å². The number of thiophene rings is 1. The van der Waals surface area contributed by atoms with Crippen molar-refractivity contribution in [2.24, 2.45) is 0 Å². The van der Waals surface area contributed by atoms with E-state index in [1.54, 1.807) is 0 Å². The van der Waals surface area contributed by atoms with Gasteiger partial charge in [-0.25, -0.2) is 9.78 Å². The normalized spacial score (nSPS) is 13.9. The van der Waals surface area contributed by atoms with Crippen molar-refractivity contribution in [3.63, 3.8) is 0 Å². The number of ether oxygens (including phenoxy) is 1. The van der Waals surface area contributed by atoms with Gasteiger partial charge in [0, 0.05) is 43.2 Å². The lowest BCUT2D eigenvalue weighted by atomic mass is 10.0. The molecule has 0 aliphatic carbocycles. The van der Waals surface area contributed by atoms with Crippen molar-refractivity contribution in [1.82, 2.24) is 19.8 Å². The van der Waals surface area contributed by atoms with E-state index in [0.717, 1.165) is 43.1 Å². The van der Waals surface area contributed by atoms with Crippen LogP contribution in [0.15, 0.2) is 91.0 Å². The van der Waals surface area contributed by atoms with Crippen LogP contribution >= 0.6 is 11.3 Å². The van der Waals surface area contributed by atoms with Gasteiger partial charge in [-0.05, 0) is 62.1 Å². The highest BCUT2D eigenvalue weighted by molar-refractivity contribution is 7.18. The molecule has 3 heterocycles. The number of nitrogens with zero attached hydrogens (tertiary/aromatic N) is 5. The van der Waals surface area contributed by atoms with E-state index in [1.807, 2.05) is 111 Å². The fourth-order valence-electron chi connectivity index (χ4n) is 6.09. The van der Waals surface area contributed by atoms with E-state index >= 15 is 0 Å². The van der Waals surface area contributed by atoms with Crippen molar-refractivity contribution < 1.29 is 24.2 Å². The summed E-state index contributed by atoms with van der Waals surface area (Å²) in [5.74, 6) is 0.136. The third-order valence-corrected chi connectivity index (χ3v) is 10.1. The summed E-state index contributed by atoms with van der Waals surface area (Å²) in [6.07, 6.45) is -0.434. The van der Waals surface area contributed by atoms with Gasteiger partial charge >= 0.3 is 6.09 Å². The summed E-state index contributed by atoms with van der Waals surface area (Å²) in [6, 6.07) is 27.8. The highest BCUT2D eigenvalue weighted by Crippen LogP contribution is 2.33. The number of carbonyl (C=O) groups excluding carboxylic acids is 2. The van der Waals surface area contributed by atoms with Gasteiger partial charge in [-0.15, -0.1) is 11.3 Å². The monoisotopic (exact) mass is 720 g/mol. The number of anilines is 2. The zero-order valence-electron chi connectivity index (χ0n) is 29.9. The standard InChI is InChI=1S/C40H44N6O5S/c1-5-31-24-32-34(44-20-22-45(23-21-44)37(48)30-18-16-29(17-19-30)28-14-10-7-11-15-28)41-38(43-36(32)52-31)42-35(47)33(26-51-40(2,3)4)46(39(49)50)25-27-12-8-6-9-13-27/h6-19,24,33H,5,20-23,25-26H2,1-4H3,(H,49,50)(H,41,42,43,47). The van der Waals surface area contributed by atoms with E-state index in [4.69, 9.17) is 14.7 Å². The predicted octanol–water partition coefficient (Wildman–Crippen LogP) is 7.19. The highest BCUT2D eigenvalue weighted by Gasteiger charge is 2.33. The Balaban J connectivity index is 1.21. The number of piperazine rings is 1. The van der Waals surface area contributed by atoms with Gasteiger partial charge in [0.15, 0.2) is 0 Å². The van der Waals surface area contributed by atoms with Crippen LogP contribution in [0.5, 0.6) is 0 Å². The number of benzene rings is 3. The summed E-state index contributed by atoms with van der Waals surface area (Å²) in [6.45, 7) is 9.54. The molecule has 11 nitrogen and oxygen atoms in total. The van der Waals surface area contributed by atoms with Crippen LogP contribution in [0, 0.1) is 0 Å². The maximum Gasteiger partial charge on any atom is 0.408 e. The average Bonchev–Trinajstić information content (AvgIpc) is 3.58. The third kappa shape index (κ3) is 8.75. The Hall–Kier alpha value is -5.33. The Bertz CT molecular complexity index is 2010. The molecule has 1 aliphatic rings. The van der Waals surface area contributed by atoms with E-state index in [0.29, 0.717) is 37.6 Å². The lowest BCUT2D eigenvalue weighted by Crippen LogP contribution is -2.50. The zero-order valence-corrected chi connectivity index (χ0v) is 30.7. The summed E-state index contributed by atoms with van der Waals surface area (Å²) in [7, 11) is 0. The Kier molecular flexibility index (Phi) is 11.2. The second kappa shape index (κ2) is 15.9. The number of fused-ring (bicyclic) bond motifs is 1. The molecule has 52 heavy (non-hydrogen) atoms. The fraction of sp³-hybridized carbons (Fsp3) is 0.325. The van der Waals surface area contributed by atoms with Gasteiger partial charge in [0.25, 0.3) is 11.8 Å². The summed E-state index contributed by atoms with van der Waals surface area (Å²) >= 11 is 1.53. The molecule has 270 valence electrons. The number of hydrogen-bond donors (Lipinski definition) is 2. The number of rotatable bonds is 11. The van der Waals surface area contributed by atoms with Crippen LogP contribution in [0.3, 0.4) is 0 Å². The maximum atomic E-state index is 14.0. The minimum atomic E-state index is -1.25. The largest absolute Gasteiger partial charge is 0.465 e. The summed E-state index contributed by atoms with van der Waals surface area (Å²) in [5.41, 5.74) is 2.92. The first kappa shape index (κ1) is 36.5. The number of nitrogens with one attached hydrogen (secondary N) is 1. The highest BCUT2D eigenvalue weighted by atomic mass is 32.1. The van der Waals surface area contributed by atoms with Crippen LogP contribution in [0.2, 0.25) is 0 Å². The smallest absolute Gasteiger partial charge is 0.408 e. The van der Waals surface area contributed by atoms with Crippen molar-refractivity contribution in [2.75, 3.05) is 43.0 Å². The van der Waals surface area contributed by atoms with Gasteiger partial charge in [-0.3, -0.25) is 19.8 Å². The number of carbonyl (C=O) groups is 3. The Morgan fingerprint density at radius 1 is 0.904 bits per heavy atom. The molecule has 1 unspecified atom stereocenters. The van der Waals surface area contributed by atoms with Crippen LogP contribution < -0.4 is 10.2 Å². The van der Waals surface area contributed by atoms with Crippen molar-refractivity contribution in [2.45, 2.75) is 52.3 Å². The van der Waals surface area contributed by atoms with Crippen molar-refractivity contribution >= 4 is 51.2 Å². The molecular weight excluding hydrogens is 677 g/mol. The molecule has 1 aliphatic heterocycles. The molecule has 2 aromatic heterocycles. The van der Waals surface area contributed by atoms with Gasteiger partial charge in [0.1, 0.15) is 16.7 Å². The molecule has 12 heteroatoms. The second-order valence-corrected chi connectivity index (χ2v) is 14.8. The summed E-state index contributed by atoms with van der Waals surface area (Å²) < 4.78 is 5.97. The first-order valence-corrected chi connectivity index (χ1v) is 18.3. The SMILES string of the molecule is CCc1cc2c(N3CCN(C(=O)c4ccc(-c5ccccc5)cc4)CC3)nc(NC(=O)C(COC(C)(C)C)N(Cc3ccccc3)C(=O)O)nc2s1. The first-order valence-electron chi connectivity index (χ1n) is 17.5. The molecular formula is C40H44N6O5S. The molecule has 0 spiro atoms. The van der Waals surface area contributed by atoms with E-state index in [-0.39, 0.29) is 25.0 Å². The number of aromatic nitrogens is 2. The molecule has 1 saturated heterocycles. The van der Waals surface area contributed by atoms with Gasteiger partial charge in [-0.1, -0.05) is 79.7 Å². The summed E-state index contributed by atoms with van der Waals surface area (Å²) in [4.78, 5) is 56.5. The molecule has 5 aromatic rings. The van der Waals surface area contributed by atoms with E-state index in [1.165, 1.54) is 11.3 Å². The number of amides is 3. The van der Waals surface area contributed by atoms with Gasteiger partial charge in [0.05, 0.1) is 17.6 Å². The van der Waals surface area contributed by atoms with Crippen LogP contribution in [0.25, 0.3) is 21.3 Å². The molecule has 1 atom stereocenters. The predicted molar refractivity (Wildman–Crippen MR) is 205 cm³/mol. The molecule has 0 radical (unpaired) electrons. The number of carboxylic acid groups (broad SMARTS) is 1. The Labute approximate surface area is 307 Å². The van der Waals surface area contributed by atoms with Gasteiger partial charge in [-0.2, -0.15) is 4.98 Å². The van der Waals surface area contributed by atoms with Gasteiger partial charge in [0.2, 0.25) is 5.95 Å². The van der Waals surface area contributed by atoms with Crippen LogP contribution in [0.4, 0.5) is 16.6 Å². The minimum absolute atomic E-state index is 0.00212. The first-order chi connectivity index (χ1) is 25.0. The van der Waals surface area contributed by atoms with E-state index in [2.05, 4.69) is 23.2 Å². The van der Waals surface area contributed by atoms with Crippen LogP contribution in [0.1, 0.15) is 48.5 Å². The fourth-order valence-corrected chi connectivity index (χ4v) is 7.05. The van der Waals surface area contributed by atoms with Crippen LogP contribution in [-0.4, -0.2) is 87.2 Å². The lowest BCUT2D eigenvalue weighted by molar-refractivity contribution is -0.125. The Morgan fingerprint density at radius 2 is 1.54 bits per heavy atom. The molecule has 1 fully saturated rings. The molecule has 0 bridgehead atoms. The van der Waals surface area contributed by atoms with E-state index in [9.17, 15) is 19.5 Å². The van der Waals surface area contributed by atoms with Crippen LogP contribution in [-0.2, 0) is 22.5 Å². The average molecular weight is 721 g/mol.